The number of halogens is 3. The Kier molecular flexibility index (Phi) is 4.15. The van der Waals surface area contributed by atoms with Crippen LogP contribution in [0.3, 0.4) is 0 Å². The Morgan fingerprint density at radius 1 is 1.32 bits per heavy atom. The first kappa shape index (κ1) is 15.5. The number of nitrogens with one attached hydrogen (secondary N) is 2. The summed E-state index contributed by atoms with van der Waals surface area (Å²) in [6, 6.07) is 6.60. The van der Waals surface area contributed by atoms with Gasteiger partial charge in [-0.1, -0.05) is 0 Å². The predicted molar refractivity (Wildman–Crippen MR) is 72.8 cm³/mol. The number of aromatic nitrogens is 2. The molecule has 0 atom stereocenters. The number of hydrogen-bond acceptors (Lipinski definition) is 4. The molecule has 1 heterocycles. The first-order valence-corrected chi connectivity index (χ1v) is 6.04. The minimum atomic E-state index is -4.49. The molecule has 1 aromatic carbocycles. The second kappa shape index (κ2) is 5.88. The van der Waals surface area contributed by atoms with E-state index in [9.17, 15) is 18.0 Å². The summed E-state index contributed by atoms with van der Waals surface area (Å²) in [6.45, 7) is 1.49. The molecule has 0 aliphatic heterocycles. The fourth-order valence-corrected chi connectivity index (χ4v) is 1.55. The second-order valence-electron chi connectivity index (χ2n) is 4.36. The maximum absolute atomic E-state index is 12.4. The lowest BCUT2D eigenvalue weighted by Crippen LogP contribution is -2.05. The summed E-state index contributed by atoms with van der Waals surface area (Å²) >= 11 is 0. The topological polar surface area (TPSA) is 90.4 Å². The highest BCUT2D eigenvalue weighted by atomic mass is 19.4. The average Bonchev–Trinajstić information content (AvgIpc) is 2.95. The van der Waals surface area contributed by atoms with Gasteiger partial charge in [-0.25, -0.2) is 4.79 Å². The van der Waals surface area contributed by atoms with E-state index in [2.05, 4.69) is 15.6 Å². The molecular weight excluding hydrogens is 301 g/mol. The van der Waals surface area contributed by atoms with Gasteiger partial charge in [-0.05, 0) is 37.3 Å². The highest BCUT2D eigenvalue weighted by molar-refractivity contribution is 5.97. The number of carbonyl (C=O) groups is 1. The lowest BCUT2D eigenvalue weighted by molar-refractivity contribution is -0.141. The summed E-state index contributed by atoms with van der Waals surface area (Å²) in [5, 5.41) is 18.1. The molecule has 0 saturated heterocycles. The van der Waals surface area contributed by atoms with E-state index in [0.29, 0.717) is 5.69 Å². The summed E-state index contributed by atoms with van der Waals surface area (Å²) in [7, 11) is 0. The summed E-state index contributed by atoms with van der Waals surface area (Å²) in [5.41, 5.74) is 2.58. The number of aromatic amines is 1. The Labute approximate surface area is 122 Å². The first-order chi connectivity index (χ1) is 10.3. The predicted octanol–water partition coefficient (Wildman–Crippen LogP) is 2.96. The van der Waals surface area contributed by atoms with Crippen LogP contribution >= 0.6 is 0 Å². The molecule has 9 heteroatoms. The third-order valence-electron chi connectivity index (χ3n) is 2.74. The van der Waals surface area contributed by atoms with E-state index in [4.69, 9.17) is 5.11 Å². The fraction of sp³-hybridized carbons (Fsp3) is 0.154. The van der Waals surface area contributed by atoms with Crippen LogP contribution in [0.4, 0.5) is 18.9 Å². The molecule has 116 valence electrons. The second-order valence-corrected chi connectivity index (χ2v) is 4.36. The number of hydrogen-bond donors (Lipinski definition) is 3. The highest BCUT2D eigenvalue weighted by Crippen LogP contribution is 2.27. The molecule has 0 fully saturated rings. The molecule has 22 heavy (non-hydrogen) atoms. The standard InChI is InChI=1S/C13H11F3N4O2/c1-7(10-6-11(20-19-10)13(14,15)16)17-18-9-4-2-8(3-5-9)12(21)22/h2-6,18H,1H3,(H,19,20)(H,21,22). The van der Waals surface area contributed by atoms with Crippen molar-refractivity contribution in [1.82, 2.24) is 10.2 Å². The maximum atomic E-state index is 12.4. The van der Waals surface area contributed by atoms with Gasteiger partial charge in [0.25, 0.3) is 0 Å². The molecule has 0 unspecified atom stereocenters. The van der Waals surface area contributed by atoms with Crippen LogP contribution in [0, 0.1) is 0 Å². The number of H-pyrrole nitrogens is 1. The van der Waals surface area contributed by atoms with Gasteiger partial charge in [-0.15, -0.1) is 0 Å². The van der Waals surface area contributed by atoms with E-state index < -0.39 is 17.8 Å². The van der Waals surface area contributed by atoms with Crippen molar-refractivity contribution in [2.45, 2.75) is 13.1 Å². The number of anilines is 1. The van der Waals surface area contributed by atoms with Crippen LogP contribution in [0.1, 0.15) is 28.7 Å². The van der Waals surface area contributed by atoms with Crippen molar-refractivity contribution in [3.05, 3.63) is 47.3 Å². The third kappa shape index (κ3) is 3.62. The number of nitrogens with zero attached hydrogens (tertiary/aromatic N) is 2. The first-order valence-electron chi connectivity index (χ1n) is 6.04. The van der Waals surface area contributed by atoms with Gasteiger partial charge in [-0.3, -0.25) is 10.5 Å². The number of aromatic carboxylic acids is 1. The summed E-state index contributed by atoms with van der Waals surface area (Å²) in [6.07, 6.45) is -4.49. The number of carboxylic acids is 1. The Bertz CT molecular complexity index is 705. The van der Waals surface area contributed by atoms with E-state index in [1.165, 1.54) is 31.2 Å². The van der Waals surface area contributed by atoms with Crippen LogP contribution in [0.5, 0.6) is 0 Å². The van der Waals surface area contributed by atoms with E-state index >= 15 is 0 Å². The monoisotopic (exact) mass is 312 g/mol. The lowest BCUT2D eigenvalue weighted by atomic mass is 10.2. The van der Waals surface area contributed by atoms with Crippen LogP contribution in [0.15, 0.2) is 35.4 Å². The molecule has 1 aromatic heterocycles. The molecule has 2 aromatic rings. The van der Waals surface area contributed by atoms with Gasteiger partial charge < -0.3 is 5.11 Å². The van der Waals surface area contributed by atoms with Crippen molar-refractivity contribution in [2.24, 2.45) is 5.10 Å². The molecule has 0 aliphatic carbocycles. The number of rotatable bonds is 4. The molecule has 0 saturated carbocycles. The Balaban J connectivity index is 2.09. The molecule has 0 amide bonds. The van der Waals surface area contributed by atoms with Crippen molar-refractivity contribution in [1.29, 1.82) is 0 Å². The van der Waals surface area contributed by atoms with Gasteiger partial charge in [0.2, 0.25) is 0 Å². The van der Waals surface area contributed by atoms with Crippen molar-refractivity contribution in [3.63, 3.8) is 0 Å². The molecule has 0 aliphatic rings. The van der Waals surface area contributed by atoms with E-state index in [1.54, 1.807) is 0 Å². The lowest BCUT2D eigenvalue weighted by Gasteiger charge is -2.02. The van der Waals surface area contributed by atoms with Crippen LogP contribution < -0.4 is 5.43 Å². The smallest absolute Gasteiger partial charge is 0.432 e. The Hall–Kier alpha value is -2.84. The van der Waals surface area contributed by atoms with Gasteiger partial charge in [0, 0.05) is 0 Å². The third-order valence-corrected chi connectivity index (χ3v) is 2.74. The largest absolute Gasteiger partial charge is 0.478 e. The zero-order chi connectivity index (χ0) is 16.3. The fourth-order valence-electron chi connectivity index (χ4n) is 1.55. The van der Waals surface area contributed by atoms with Gasteiger partial charge >= 0.3 is 12.1 Å². The van der Waals surface area contributed by atoms with Crippen molar-refractivity contribution < 1.29 is 23.1 Å². The van der Waals surface area contributed by atoms with Crippen LogP contribution in [-0.2, 0) is 6.18 Å². The molecule has 0 spiro atoms. The van der Waals surface area contributed by atoms with Crippen molar-refractivity contribution in [2.75, 3.05) is 5.43 Å². The minimum absolute atomic E-state index is 0.0574. The molecule has 0 radical (unpaired) electrons. The van der Waals surface area contributed by atoms with E-state index in [1.807, 2.05) is 5.10 Å². The van der Waals surface area contributed by atoms with Crippen molar-refractivity contribution in [3.8, 4) is 0 Å². The minimum Gasteiger partial charge on any atom is -0.478 e. The molecule has 2 rings (SSSR count). The van der Waals surface area contributed by atoms with E-state index in [0.717, 1.165) is 6.07 Å². The SMILES string of the molecule is CC(=NNc1ccc(C(=O)O)cc1)c1cc(C(F)(F)F)[nH]n1. The zero-order valence-electron chi connectivity index (χ0n) is 11.3. The zero-order valence-corrected chi connectivity index (χ0v) is 11.3. The molecule has 3 N–H and O–H groups in total. The van der Waals surface area contributed by atoms with Gasteiger partial charge in [-0.2, -0.15) is 23.4 Å². The number of carboxylic acid groups (broad SMARTS) is 1. The summed E-state index contributed by atoms with van der Waals surface area (Å²) in [4.78, 5) is 10.7. The van der Waals surface area contributed by atoms with Crippen LogP contribution in [0.2, 0.25) is 0 Å². The van der Waals surface area contributed by atoms with Crippen molar-refractivity contribution >= 4 is 17.4 Å². The Morgan fingerprint density at radius 2 is 1.95 bits per heavy atom. The molecule has 6 nitrogen and oxygen atoms in total. The van der Waals surface area contributed by atoms with E-state index in [-0.39, 0.29) is 17.0 Å². The summed E-state index contributed by atoms with van der Waals surface area (Å²) < 4.78 is 37.3. The van der Waals surface area contributed by atoms with Crippen LogP contribution in [-0.4, -0.2) is 27.0 Å². The number of alkyl halides is 3. The number of hydrazone groups is 1. The molecule has 0 bridgehead atoms. The molecular formula is C13H11F3N4O2. The van der Waals surface area contributed by atoms with Gasteiger partial charge in [0.15, 0.2) is 0 Å². The Morgan fingerprint density at radius 3 is 2.45 bits per heavy atom. The quantitative estimate of drug-likeness (QED) is 0.598. The average molecular weight is 312 g/mol. The van der Waals surface area contributed by atoms with Crippen LogP contribution in [0.25, 0.3) is 0 Å². The maximum Gasteiger partial charge on any atom is 0.432 e. The number of benzene rings is 1. The highest BCUT2D eigenvalue weighted by Gasteiger charge is 2.33. The summed E-state index contributed by atoms with van der Waals surface area (Å²) in [5.74, 6) is -1.05. The van der Waals surface area contributed by atoms with Gasteiger partial charge in [0.05, 0.1) is 17.0 Å². The van der Waals surface area contributed by atoms with Gasteiger partial charge in [0.1, 0.15) is 11.4 Å². The normalized spacial score (nSPS) is 12.3.